The third-order valence-corrected chi connectivity index (χ3v) is 4.49. The average molecular weight is 316 g/mol. The molecule has 1 fully saturated rings. The Morgan fingerprint density at radius 2 is 1.86 bits per heavy atom. The van der Waals surface area contributed by atoms with E-state index in [9.17, 15) is 4.79 Å². The fourth-order valence-electron chi connectivity index (χ4n) is 2.76. The molecular weight excluding hydrogens is 298 g/mol. The molecule has 4 nitrogen and oxygen atoms in total. The molecule has 0 amide bonds. The van der Waals surface area contributed by atoms with E-state index in [0.717, 1.165) is 18.8 Å². The first-order valence-corrected chi connectivity index (χ1v) is 7.89. The van der Waals surface area contributed by atoms with Gasteiger partial charge in [-0.1, -0.05) is 0 Å². The topological polar surface area (TPSA) is 56.5 Å². The Labute approximate surface area is 135 Å². The Kier molecular flexibility index (Phi) is 4.12. The first-order valence-electron chi connectivity index (χ1n) is 7.45. The molecule has 1 aliphatic carbocycles. The summed E-state index contributed by atoms with van der Waals surface area (Å²) in [4.78, 5) is 18.5. The number of rotatable bonds is 2. The number of nitrogens with zero attached hydrogens (tertiary/aromatic N) is 2. The molecule has 1 atom stereocenters. The number of aliphatic imine (C=N–C) groups is 1. The summed E-state index contributed by atoms with van der Waals surface area (Å²) in [6.07, 6.45) is 4.13. The van der Waals surface area contributed by atoms with Gasteiger partial charge in [0.1, 0.15) is 5.38 Å². The molecule has 3 rings (SSSR count). The van der Waals surface area contributed by atoms with Crippen molar-refractivity contribution in [3.63, 3.8) is 0 Å². The van der Waals surface area contributed by atoms with E-state index in [1.165, 1.54) is 18.5 Å². The number of hydrogen-bond acceptors (Lipinski definition) is 4. The number of anilines is 1. The molecular formula is C17H18ClN3O. The zero-order valence-corrected chi connectivity index (χ0v) is 13.2. The normalized spacial score (nSPS) is 24.1. The molecule has 1 unspecified atom stereocenters. The number of allylic oxidation sites excluding steroid dienone is 2. The van der Waals surface area contributed by atoms with Gasteiger partial charge in [-0.25, -0.2) is 4.99 Å². The highest BCUT2D eigenvalue weighted by molar-refractivity contribution is 6.63. The molecule has 114 valence electrons. The van der Waals surface area contributed by atoms with E-state index in [1.54, 1.807) is 13.0 Å². The fourth-order valence-corrected chi connectivity index (χ4v) is 3.04. The molecule has 1 saturated heterocycles. The fraction of sp³-hybridized carbons (Fsp3) is 0.353. The van der Waals surface area contributed by atoms with E-state index in [1.807, 2.05) is 12.1 Å². The molecule has 0 radical (unpaired) electrons. The van der Waals surface area contributed by atoms with Crippen LogP contribution in [0.25, 0.3) is 0 Å². The van der Waals surface area contributed by atoms with E-state index in [2.05, 4.69) is 22.0 Å². The van der Waals surface area contributed by atoms with Crippen LogP contribution in [0.3, 0.4) is 0 Å². The van der Waals surface area contributed by atoms with Gasteiger partial charge < -0.3 is 10.3 Å². The number of carbonyl (C=O) groups excluding carboxylic acids is 1. The summed E-state index contributed by atoms with van der Waals surface area (Å²) in [5.74, 6) is -0.213. The first-order chi connectivity index (χ1) is 10.6. The largest absolute Gasteiger partial charge is 0.372 e. The summed E-state index contributed by atoms with van der Waals surface area (Å²) in [5, 5.41) is 7.04. The minimum absolute atomic E-state index is 0.0703. The van der Waals surface area contributed by atoms with Crippen molar-refractivity contribution in [1.82, 2.24) is 0 Å². The maximum atomic E-state index is 11.7. The maximum absolute atomic E-state index is 11.7. The lowest BCUT2D eigenvalue weighted by Crippen LogP contribution is -2.34. The van der Waals surface area contributed by atoms with E-state index < -0.39 is 5.38 Å². The van der Waals surface area contributed by atoms with Crippen molar-refractivity contribution < 1.29 is 4.79 Å². The smallest absolute Gasteiger partial charge is 0.182 e. The maximum Gasteiger partial charge on any atom is 0.182 e. The minimum atomic E-state index is -0.923. The lowest BCUT2D eigenvalue weighted by atomic mass is 9.95. The molecule has 1 heterocycles. The van der Waals surface area contributed by atoms with E-state index >= 15 is 0 Å². The Balaban J connectivity index is 1.85. The molecule has 1 aliphatic heterocycles. The van der Waals surface area contributed by atoms with Crippen molar-refractivity contribution in [3.05, 3.63) is 35.9 Å². The zero-order chi connectivity index (χ0) is 15.7. The number of nitrogens with one attached hydrogen (secondary N) is 1. The van der Waals surface area contributed by atoms with Crippen LogP contribution in [0.5, 0.6) is 0 Å². The molecule has 5 heteroatoms. The van der Waals surface area contributed by atoms with Crippen molar-refractivity contribution >= 4 is 40.2 Å². The van der Waals surface area contributed by atoms with Gasteiger partial charge in [-0.3, -0.25) is 4.79 Å². The quantitative estimate of drug-likeness (QED) is 0.849. The Bertz CT molecular complexity index is 670. The first kappa shape index (κ1) is 15.0. The Morgan fingerprint density at radius 3 is 2.50 bits per heavy atom. The van der Waals surface area contributed by atoms with Crippen LogP contribution in [0.2, 0.25) is 0 Å². The summed E-state index contributed by atoms with van der Waals surface area (Å²) < 4.78 is 0. The number of Topliss-reactive ketones (excluding diaryl/α,β-unsaturated/α-hetero) is 1. The highest BCUT2D eigenvalue weighted by atomic mass is 35.5. The SMILES string of the molecule is CC1=CC(=Nc2ccc(N3CCCC3)cc2)C(=N)C(Cl)C1=O. The minimum Gasteiger partial charge on any atom is -0.372 e. The second-order valence-electron chi connectivity index (χ2n) is 5.68. The molecule has 1 aromatic carbocycles. The van der Waals surface area contributed by atoms with Crippen LogP contribution in [0.4, 0.5) is 11.4 Å². The summed E-state index contributed by atoms with van der Waals surface area (Å²) >= 11 is 5.98. The van der Waals surface area contributed by atoms with Gasteiger partial charge in [-0.2, -0.15) is 0 Å². The van der Waals surface area contributed by atoms with Crippen molar-refractivity contribution in [2.24, 2.45) is 4.99 Å². The molecule has 0 saturated carbocycles. The lowest BCUT2D eigenvalue weighted by molar-refractivity contribution is -0.114. The van der Waals surface area contributed by atoms with Crippen molar-refractivity contribution in [3.8, 4) is 0 Å². The number of hydrogen-bond donors (Lipinski definition) is 1. The number of ketones is 1. The molecule has 0 spiro atoms. The Morgan fingerprint density at radius 1 is 1.23 bits per heavy atom. The van der Waals surface area contributed by atoms with Crippen LogP contribution >= 0.6 is 11.6 Å². The molecule has 2 aliphatic rings. The highest BCUT2D eigenvalue weighted by Gasteiger charge is 2.29. The van der Waals surface area contributed by atoms with Gasteiger partial charge in [0, 0.05) is 18.8 Å². The van der Waals surface area contributed by atoms with Crippen LogP contribution in [0.1, 0.15) is 19.8 Å². The van der Waals surface area contributed by atoms with E-state index in [0.29, 0.717) is 11.3 Å². The monoisotopic (exact) mass is 315 g/mol. The lowest BCUT2D eigenvalue weighted by Gasteiger charge is -2.18. The summed E-state index contributed by atoms with van der Waals surface area (Å²) in [6, 6.07) is 7.99. The Hall–Kier alpha value is -1.94. The van der Waals surface area contributed by atoms with Crippen LogP contribution in [-0.4, -0.2) is 35.7 Å². The standard InChI is InChI=1S/C17H18ClN3O/c1-11-10-14(16(19)15(18)17(11)22)20-12-4-6-13(7-5-12)21-8-2-3-9-21/h4-7,10,15,19H,2-3,8-9H2,1H3. The summed E-state index contributed by atoms with van der Waals surface area (Å²) in [7, 11) is 0. The van der Waals surface area contributed by atoms with Gasteiger partial charge >= 0.3 is 0 Å². The zero-order valence-electron chi connectivity index (χ0n) is 12.5. The average Bonchev–Trinajstić information content (AvgIpc) is 3.05. The van der Waals surface area contributed by atoms with Gasteiger partial charge in [0.05, 0.1) is 17.1 Å². The van der Waals surface area contributed by atoms with Gasteiger partial charge in [0.15, 0.2) is 5.78 Å². The highest BCUT2D eigenvalue weighted by Crippen LogP contribution is 2.24. The van der Waals surface area contributed by atoms with Crippen molar-refractivity contribution in [2.45, 2.75) is 25.1 Å². The number of alkyl halides is 1. The summed E-state index contributed by atoms with van der Waals surface area (Å²) in [5.41, 5.74) is 3.05. The number of benzene rings is 1. The third kappa shape index (κ3) is 2.83. The van der Waals surface area contributed by atoms with Gasteiger partial charge in [-0.15, -0.1) is 11.6 Å². The predicted octanol–water partition coefficient (Wildman–Crippen LogP) is 3.52. The van der Waals surface area contributed by atoms with Gasteiger partial charge in [0.2, 0.25) is 0 Å². The van der Waals surface area contributed by atoms with E-state index in [4.69, 9.17) is 17.0 Å². The summed E-state index contributed by atoms with van der Waals surface area (Å²) in [6.45, 7) is 3.92. The van der Waals surface area contributed by atoms with Crippen molar-refractivity contribution in [2.75, 3.05) is 18.0 Å². The molecule has 1 aromatic rings. The van der Waals surface area contributed by atoms with E-state index in [-0.39, 0.29) is 11.5 Å². The molecule has 1 N–H and O–H groups in total. The van der Waals surface area contributed by atoms with Gasteiger partial charge in [0.25, 0.3) is 0 Å². The van der Waals surface area contributed by atoms with Crippen LogP contribution in [0.15, 0.2) is 40.9 Å². The second kappa shape index (κ2) is 6.05. The third-order valence-electron chi connectivity index (χ3n) is 4.07. The predicted molar refractivity (Wildman–Crippen MR) is 91.1 cm³/mol. The number of halogens is 1. The molecule has 0 aromatic heterocycles. The van der Waals surface area contributed by atoms with Crippen molar-refractivity contribution in [1.29, 1.82) is 5.41 Å². The number of carbonyl (C=O) groups is 1. The van der Waals surface area contributed by atoms with Gasteiger partial charge in [-0.05, 0) is 55.7 Å². The van der Waals surface area contributed by atoms with Crippen LogP contribution in [0, 0.1) is 5.41 Å². The van der Waals surface area contributed by atoms with Crippen LogP contribution in [-0.2, 0) is 4.79 Å². The van der Waals surface area contributed by atoms with Crippen LogP contribution < -0.4 is 4.90 Å². The second-order valence-corrected chi connectivity index (χ2v) is 6.11. The molecule has 22 heavy (non-hydrogen) atoms. The molecule has 0 bridgehead atoms.